The molecular weight excluding hydrogens is 864 g/mol. The highest BCUT2D eigenvalue weighted by atomic mass is 127. The highest BCUT2D eigenvalue weighted by Gasteiger charge is 2.35. The molecule has 0 bridgehead atoms. The van der Waals surface area contributed by atoms with Crippen LogP contribution < -0.4 is 24.4 Å². The van der Waals surface area contributed by atoms with Gasteiger partial charge in [0.2, 0.25) is 0 Å². The summed E-state index contributed by atoms with van der Waals surface area (Å²) in [5, 5.41) is 9.16. The Balaban J connectivity index is 1.53. The van der Waals surface area contributed by atoms with Crippen LogP contribution in [0.4, 0.5) is 0 Å². The van der Waals surface area contributed by atoms with Crippen molar-refractivity contribution in [2.24, 2.45) is 4.99 Å². The first-order chi connectivity index (χ1) is 23.8. The van der Waals surface area contributed by atoms with Crippen molar-refractivity contribution in [3.63, 3.8) is 0 Å². The molecule has 0 unspecified atom stereocenters. The van der Waals surface area contributed by atoms with E-state index in [0.717, 1.165) is 29.4 Å². The Morgan fingerprint density at radius 2 is 1.71 bits per heavy atom. The fourth-order valence-corrected chi connectivity index (χ4v) is 8.52. The summed E-state index contributed by atoms with van der Waals surface area (Å²) in [5.74, 6) is 0.783. The number of ether oxygens (including phenoxy) is 3. The second-order valence-corrected chi connectivity index (χ2v) is 14.3. The minimum absolute atomic E-state index is 0.168. The van der Waals surface area contributed by atoms with Gasteiger partial charge in [-0.05, 0) is 113 Å². The van der Waals surface area contributed by atoms with Crippen molar-refractivity contribution in [3.8, 4) is 17.6 Å². The molecule has 1 atom stereocenters. The highest BCUT2D eigenvalue weighted by Crippen LogP contribution is 2.36. The summed E-state index contributed by atoms with van der Waals surface area (Å²) in [7, 11) is 0. The Morgan fingerprint density at radius 1 is 0.980 bits per heavy atom. The quantitative estimate of drug-likeness (QED) is 0.111. The maximum atomic E-state index is 14.5. The summed E-state index contributed by atoms with van der Waals surface area (Å²) < 4.78 is 21.5. The number of benzene rings is 4. The van der Waals surface area contributed by atoms with E-state index in [4.69, 9.17) is 24.5 Å². The van der Waals surface area contributed by atoms with Crippen LogP contribution in [0.2, 0.25) is 0 Å². The zero-order valence-electron chi connectivity index (χ0n) is 26.5. The lowest BCUT2D eigenvalue weighted by Crippen LogP contribution is -2.40. The van der Waals surface area contributed by atoms with Crippen molar-refractivity contribution < 1.29 is 19.0 Å². The number of carbonyl (C=O) groups is 1. The van der Waals surface area contributed by atoms with E-state index in [1.54, 1.807) is 23.6 Å². The van der Waals surface area contributed by atoms with Gasteiger partial charge in [0.05, 0.1) is 50.3 Å². The van der Waals surface area contributed by atoms with Gasteiger partial charge in [0, 0.05) is 14.7 Å². The minimum atomic E-state index is -0.800. The molecule has 246 valence electrons. The number of thiazole rings is 1. The second-order valence-electron chi connectivity index (χ2n) is 10.8. The molecule has 0 saturated heterocycles. The molecule has 0 amide bonds. The number of esters is 1. The SMILES string of the molecule is CCOC(=O)C1=C(c2ccccc2)N=c2s/c(=C\c3cc(I)cc(I)c3OCc3ccc(C#N)cc3)c(=O)n2[C@@H]1c1ccc(OCC)cc1. The van der Waals surface area contributed by atoms with E-state index in [-0.39, 0.29) is 24.3 Å². The van der Waals surface area contributed by atoms with Gasteiger partial charge in [0.15, 0.2) is 4.80 Å². The smallest absolute Gasteiger partial charge is 0.338 e. The summed E-state index contributed by atoms with van der Waals surface area (Å²) in [6, 6.07) is 29.5. The second kappa shape index (κ2) is 15.5. The van der Waals surface area contributed by atoms with Crippen LogP contribution in [-0.2, 0) is 16.1 Å². The molecule has 1 aliphatic heterocycles. The minimum Gasteiger partial charge on any atom is -0.494 e. The Hall–Kier alpha value is -4.26. The summed E-state index contributed by atoms with van der Waals surface area (Å²) in [6.45, 7) is 4.63. The largest absolute Gasteiger partial charge is 0.494 e. The van der Waals surface area contributed by atoms with Crippen LogP contribution >= 0.6 is 56.5 Å². The predicted octanol–water partition coefficient (Wildman–Crippen LogP) is 6.99. The first kappa shape index (κ1) is 34.6. The Kier molecular flexibility index (Phi) is 11.0. The summed E-state index contributed by atoms with van der Waals surface area (Å²) in [4.78, 5) is 33.7. The third kappa shape index (κ3) is 7.51. The van der Waals surface area contributed by atoms with Crippen molar-refractivity contribution in [3.05, 3.63) is 151 Å². The van der Waals surface area contributed by atoms with Gasteiger partial charge in [-0.2, -0.15) is 5.26 Å². The van der Waals surface area contributed by atoms with Gasteiger partial charge < -0.3 is 14.2 Å². The standard InChI is InChI=1S/C38H29I2N3O5S/c1-3-46-29-16-14-26(15-17-29)34-32(37(45)47-4-2)33(25-8-6-5-7-9-25)42-38-43(34)36(44)31(49-38)19-27-18-28(39)20-30(40)35(27)48-22-24-12-10-23(21-41)11-13-24/h5-20,34H,3-4,22H2,1-2H3/b31-19-/t34-/m1/s1. The molecule has 0 N–H and O–H groups in total. The van der Waals surface area contributed by atoms with Gasteiger partial charge in [-0.3, -0.25) is 9.36 Å². The van der Waals surface area contributed by atoms with Crippen LogP contribution in [0.25, 0.3) is 11.8 Å². The average Bonchev–Trinajstić information content (AvgIpc) is 3.42. The van der Waals surface area contributed by atoms with Crippen LogP contribution in [0.1, 0.15) is 47.7 Å². The Labute approximate surface area is 314 Å². The summed E-state index contributed by atoms with van der Waals surface area (Å²) in [6.07, 6.45) is 1.83. The average molecular weight is 894 g/mol. The molecule has 0 spiro atoms. The number of halogens is 2. The van der Waals surface area contributed by atoms with E-state index in [1.807, 2.05) is 91.9 Å². The predicted molar refractivity (Wildman–Crippen MR) is 206 cm³/mol. The molecule has 11 heteroatoms. The number of hydrogen-bond acceptors (Lipinski definition) is 8. The number of aromatic nitrogens is 1. The van der Waals surface area contributed by atoms with Crippen molar-refractivity contribution in [2.45, 2.75) is 26.5 Å². The van der Waals surface area contributed by atoms with Crippen molar-refractivity contribution in [2.75, 3.05) is 13.2 Å². The molecule has 1 aliphatic rings. The number of nitrogens with zero attached hydrogens (tertiary/aromatic N) is 3. The van der Waals surface area contributed by atoms with Crippen LogP contribution in [0.3, 0.4) is 0 Å². The van der Waals surface area contributed by atoms with Gasteiger partial charge in [-0.25, -0.2) is 9.79 Å². The molecule has 2 heterocycles. The van der Waals surface area contributed by atoms with Crippen molar-refractivity contribution >= 4 is 74.3 Å². The molecule has 0 aliphatic carbocycles. The molecule has 6 rings (SSSR count). The Morgan fingerprint density at radius 3 is 2.39 bits per heavy atom. The van der Waals surface area contributed by atoms with E-state index in [2.05, 4.69) is 51.3 Å². The lowest BCUT2D eigenvalue weighted by Gasteiger charge is -2.26. The molecule has 0 radical (unpaired) electrons. The van der Waals surface area contributed by atoms with Gasteiger partial charge in [0.25, 0.3) is 5.56 Å². The number of fused-ring (bicyclic) bond motifs is 1. The molecule has 0 saturated carbocycles. The van der Waals surface area contributed by atoms with E-state index in [9.17, 15) is 9.59 Å². The third-order valence-corrected chi connectivity index (χ3v) is 10.1. The maximum absolute atomic E-state index is 14.5. The first-order valence-electron chi connectivity index (χ1n) is 15.4. The lowest BCUT2D eigenvalue weighted by molar-refractivity contribution is -0.138. The molecule has 5 aromatic rings. The molecule has 1 aromatic heterocycles. The van der Waals surface area contributed by atoms with Gasteiger partial charge >= 0.3 is 5.97 Å². The topological polar surface area (TPSA) is 103 Å². The van der Waals surface area contributed by atoms with E-state index in [0.29, 0.717) is 38.7 Å². The highest BCUT2D eigenvalue weighted by molar-refractivity contribution is 14.1. The number of carbonyl (C=O) groups excluding carboxylic acids is 1. The van der Waals surface area contributed by atoms with Crippen LogP contribution in [0.5, 0.6) is 11.5 Å². The summed E-state index contributed by atoms with van der Waals surface area (Å²) >= 11 is 5.75. The first-order valence-corrected chi connectivity index (χ1v) is 18.4. The monoisotopic (exact) mass is 893 g/mol. The zero-order chi connectivity index (χ0) is 34.5. The van der Waals surface area contributed by atoms with Crippen LogP contribution in [-0.4, -0.2) is 23.8 Å². The fraction of sp³-hybridized carbons (Fsp3) is 0.158. The molecular formula is C38H29I2N3O5S. The van der Waals surface area contributed by atoms with E-state index >= 15 is 0 Å². The Bertz CT molecular complexity index is 2270. The molecule has 8 nitrogen and oxygen atoms in total. The van der Waals surface area contributed by atoms with Gasteiger partial charge in [0.1, 0.15) is 18.1 Å². The van der Waals surface area contributed by atoms with Gasteiger partial charge in [-0.1, -0.05) is 65.9 Å². The van der Waals surface area contributed by atoms with Crippen molar-refractivity contribution in [1.29, 1.82) is 5.26 Å². The molecule has 4 aromatic carbocycles. The number of rotatable bonds is 10. The molecule has 0 fully saturated rings. The van der Waals surface area contributed by atoms with Crippen LogP contribution in [0, 0.1) is 18.5 Å². The fourth-order valence-electron chi connectivity index (χ4n) is 5.48. The maximum Gasteiger partial charge on any atom is 0.338 e. The lowest BCUT2D eigenvalue weighted by atomic mass is 9.93. The summed E-state index contributed by atoms with van der Waals surface area (Å²) in [5.41, 5.74) is 4.14. The third-order valence-electron chi connectivity index (χ3n) is 7.67. The van der Waals surface area contributed by atoms with E-state index in [1.165, 1.54) is 11.3 Å². The zero-order valence-corrected chi connectivity index (χ0v) is 31.6. The van der Waals surface area contributed by atoms with Gasteiger partial charge in [-0.15, -0.1) is 0 Å². The number of hydrogen-bond donors (Lipinski definition) is 0. The van der Waals surface area contributed by atoms with Crippen LogP contribution in [0.15, 0.2) is 106 Å². The van der Waals surface area contributed by atoms with E-state index < -0.39 is 12.0 Å². The number of nitriles is 1. The normalized spacial score (nSPS) is 14.1. The van der Waals surface area contributed by atoms with Crippen molar-refractivity contribution in [1.82, 2.24) is 4.57 Å². The molecule has 49 heavy (non-hydrogen) atoms.